The van der Waals surface area contributed by atoms with E-state index in [2.05, 4.69) is 4.74 Å². The first-order valence-electron chi connectivity index (χ1n) is 9.00. The van der Waals surface area contributed by atoms with Crippen molar-refractivity contribution >= 4 is 0 Å². The van der Waals surface area contributed by atoms with Crippen molar-refractivity contribution in [2.24, 2.45) is 5.92 Å². The van der Waals surface area contributed by atoms with Crippen molar-refractivity contribution in [1.82, 2.24) is 0 Å². The van der Waals surface area contributed by atoms with Crippen molar-refractivity contribution in [3.63, 3.8) is 0 Å². The first-order valence-corrected chi connectivity index (χ1v) is 7.50. The summed E-state index contributed by atoms with van der Waals surface area (Å²) >= 11 is 0. The maximum Gasteiger partial charge on any atom is 0.411 e. The Kier molecular flexibility index (Phi) is 3.51. The first kappa shape index (κ1) is 13.8. The van der Waals surface area contributed by atoms with Crippen LogP contribution in [0.15, 0.2) is 0 Å². The number of hydrogen-bond donors (Lipinski definition) is 1. The lowest BCUT2D eigenvalue weighted by molar-refractivity contribution is -0.174. The van der Waals surface area contributed by atoms with Crippen LogP contribution < -0.4 is 0 Å². The number of epoxide rings is 2. The molecule has 0 bridgehead atoms. The van der Waals surface area contributed by atoms with E-state index in [0.717, 1.165) is 0 Å². The highest BCUT2D eigenvalue weighted by Gasteiger charge is 2.71. The van der Waals surface area contributed by atoms with Gasteiger partial charge in [0.1, 0.15) is 12.2 Å². The van der Waals surface area contributed by atoms with Gasteiger partial charge in [0.25, 0.3) is 0 Å². The molecule has 6 atom stereocenters. The summed E-state index contributed by atoms with van der Waals surface area (Å²) in [6.07, 6.45) is -10.6. The molecule has 0 aromatic rings. The Labute approximate surface area is 137 Å². The van der Waals surface area contributed by atoms with Gasteiger partial charge in [0, 0.05) is 16.5 Å². The van der Waals surface area contributed by atoms with Crippen LogP contribution in [0.4, 0.5) is 13.2 Å². The third-order valence-corrected chi connectivity index (χ3v) is 4.77. The number of alkyl halides is 3. The number of halogens is 3. The van der Waals surface area contributed by atoms with Crippen LogP contribution in [0.2, 0.25) is 0 Å². The molecule has 1 N–H and O–H groups in total. The highest BCUT2D eigenvalue weighted by atomic mass is 19.4. The minimum atomic E-state index is -4.40. The molecule has 1 aliphatic carbocycles. The second kappa shape index (κ2) is 5.84. The van der Waals surface area contributed by atoms with Crippen molar-refractivity contribution in [1.29, 1.82) is 0 Å². The van der Waals surface area contributed by atoms with Gasteiger partial charge in [-0.05, 0) is 26.1 Å². The molecule has 0 aromatic carbocycles. The summed E-state index contributed by atoms with van der Waals surface area (Å²) in [5.74, 6) is -0.793. The molecular weight excluding hydrogens is 317 g/mol. The van der Waals surface area contributed by atoms with Crippen molar-refractivity contribution < 1.29 is 41.3 Å². The molecule has 0 radical (unpaired) electrons. The monoisotopic (exact) mass is 343 g/mol. The second-order valence-electron chi connectivity index (χ2n) is 6.42. The number of rotatable bonds is 6. The van der Waals surface area contributed by atoms with Crippen molar-refractivity contribution in [2.45, 2.75) is 61.8 Å². The lowest BCUT2D eigenvalue weighted by atomic mass is 9.68. The average Bonchev–Trinajstić information content (AvgIpc) is 3.40. The van der Waals surface area contributed by atoms with Crippen LogP contribution >= 0.6 is 0 Å². The summed E-state index contributed by atoms with van der Waals surface area (Å²) in [5.41, 5.74) is -1.97. The van der Waals surface area contributed by atoms with Gasteiger partial charge in [-0.1, -0.05) is 0 Å². The van der Waals surface area contributed by atoms with Gasteiger partial charge >= 0.3 is 6.18 Å². The van der Waals surface area contributed by atoms with Crippen molar-refractivity contribution in [3.8, 4) is 0 Å². The van der Waals surface area contributed by atoms with Gasteiger partial charge in [0.2, 0.25) is 0 Å². The SMILES string of the molecule is [2H]C1([2H])C[C@]2(CO2)[C@@H]([C@@]2(C)O[C@@H]2CCOCC(F)(F)F)[C@]([2H])(OC)[C@@H]1O. The van der Waals surface area contributed by atoms with Crippen LogP contribution in [-0.2, 0) is 18.9 Å². The van der Waals surface area contributed by atoms with Crippen LogP contribution in [0.1, 0.15) is 30.3 Å². The zero-order chi connectivity index (χ0) is 19.6. The first-order chi connectivity index (χ1) is 11.8. The van der Waals surface area contributed by atoms with E-state index in [-0.39, 0.29) is 26.1 Å². The Balaban J connectivity index is 1.71. The Morgan fingerprint density at radius 1 is 1.48 bits per heavy atom. The predicted octanol–water partition coefficient (Wildman–Crippen LogP) is 1.67. The van der Waals surface area contributed by atoms with Crippen LogP contribution in [0.5, 0.6) is 0 Å². The molecule has 134 valence electrons. The maximum atomic E-state index is 12.1. The third kappa shape index (κ3) is 3.37. The van der Waals surface area contributed by atoms with E-state index in [1.165, 1.54) is 7.11 Å². The molecule has 3 aliphatic rings. The molecule has 2 heterocycles. The van der Waals surface area contributed by atoms with Crippen LogP contribution in [0.3, 0.4) is 0 Å². The van der Waals surface area contributed by atoms with E-state index in [0.29, 0.717) is 0 Å². The Morgan fingerprint density at radius 3 is 2.74 bits per heavy atom. The average molecular weight is 343 g/mol. The molecule has 23 heavy (non-hydrogen) atoms. The predicted molar refractivity (Wildman–Crippen MR) is 73.0 cm³/mol. The molecule has 1 spiro atoms. The van der Waals surface area contributed by atoms with Crippen molar-refractivity contribution in [3.05, 3.63) is 0 Å². The molecule has 2 saturated heterocycles. The summed E-state index contributed by atoms with van der Waals surface area (Å²) < 4.78 is 82.1. The Hall–Kier alpha value is -0.410. The van der Waals surface area contributed by atoms with Crippen LogP contribution in [0, 0.1) is 5.92 Å². The van der Waals surface area contributed by atoms with Crippen LogP contribution in [-0.4, -0.2) is 67.7 Å². The summed E-state index contributed by atoms with van der Waals surface area (Å²) in [7, 11) is 1.22. The Morgan fingerprint density at radius 2 is 2.17 bits per heavy atom. The molecular formula is C15H23F3O5. The molecule has 0 aromatic heterocycles. The zero-order valence-electron chi connectivity index (χ0n) is 16.0. The van der Waals surface area contributed by atoms with Crippen molar-refractivity contribution in [2.75, 3.05) is 26.9 Å². The summed E-state index contributed by atoms with van der Waals surface area (Å²) in [6.45, 7) is 0.392. The van der Waals surface area contributed by atoms with E-state index in [1.54, 1.807) is 6.92 Å². The topological polar surface area (TPSA) is 63.8 Å². The fraction of sp³-hybridized carbons (Fsp3) is 1.00. The maximum absolute atomic E-state index is 12.1. The second-order valence-corrected chi connectivity index (χ2v) is 6.42. The van der Waals surface area contributed by atoms with Gasteiger partial charge in [0.05, 0.1) is 37.8 Å². The van der Waals surface area contributed by atoms with E-state index in [1.807, 2.05) is 0 Å². The third-order valence-electron chi connectivity index (χ3n) is 4.77. The molecule has 3 fully saturated rings. The molecule has 1 saturated carbocycles. The molecule has 5 nitrogen and oxygen atoms in total. The molecule has 2 aliphatic heterocycles. The standard InChI is InChI=1S/C15H23F3O5/c1-13(10(23-13)4-6-21-8-15(16,17)18)12-11(20-2)9(19)3-5-14(12)7-22-14/h9-12,19H,3-8H2,1-2H3/t9-,10-,11-,12-,13+,14+/m1/s1/i3D2,11D. The molecule has 0 unspecified atom stereocenters. The van der Waals surface area contributed by atoms with Gasteiger partial charge in [0.15, 0.2) is 0 Å². The number of methoxy groups -OCH3 is 1. The smallest absolute Gasteiger partial charge is 0.390 e. The fourth-order valence-corrected chi connectivity index (χ4v) is 3.54. The zero-order valence-corrected chi connectivity index (χ0v) is 13.0. The minimum Gasteiger partial charge on any atom is -0.390 e. The highest BCUT2D eigenvalue weighted by Crippen LogP contribution is 2.59. The number of aliphatic hydroxyl groups is 1. The molecule has 3 rings (SSSR count). The lowest BCUT2D eigenvalue weighted by Crippen LogP contribution is -2.54. The van der Waals surface area contributed by atoms with Gasteiger partial charge in [-0.15, -0.1) is 0 Å². The Bertz CT molecular complexity index is 559. The number of hydrogen-bond acceptors (Lipinski definition) is 5. The van der Waals surface area contributed by atoms with E-state index < -0.39 is 54.6 Å². The van der Waals surface area contributed by atoms with Crippen LogP contribution in [0.25, 0.3) is 0 Å². The fourth-order valence-electron chi connectivity index (χ4n) is 3.54. The minimum absolute atomic E-state index is 0.105. The molecule has 0 amide bonds. The largest absolute Gasteiger partial charge is 0.411 e. The normalized spacial score (nSPS) is 53.5. The quantitative estimate of drug-likeness (QED) is 0.587. The van der Waals surface area contributed by atoms with Gasteiger partial charge < -0.3 is 24.1 Å². The number of ether oxygens (including phenoxy) is 4. The summed E-state index contributed by atoms with van der Waals surface area (Å²) in [6, 6.07) is 0. The molecule has 8 heteroatoms. The lowest BCUT2D eigenvalue weighted by Gasteiger charge is -2.41. The van der Waals surface area contributed by atoms with E-state index >= 15 is 0 Å². The van der Waals surface area contributed by atoms with Gasteiger partial charge in [-0.2, -0.15) is 13.2 Å². The van der Waals surface area contributed by atoms with Gasteiger partial charge in [-0.25, -0.2) is 0 Å². The van der Waals surface area contributed by atoms with E-state index in [9.17, 15) is 18.3 Å². The number of aliphatic hydroxyl groups excluding tert-OH is 1. The van der Waals surface area contributed by atoms with E-state index in [4.69, 9.17) is 18.3 Å². The summed E-state index contributed by atoms with van der Waals surface area (Å²) in [5, 5.41) is 10.4. The van der Waals surface area contributed by atoms with Gasteiger partial charge in [-0.3, -0.25) is 0 Å². The highest BCUT2D eigenvalue weighted by molar-refractivity contribution is 5.19. The summed E-state index contributed by atoms with van der Waals surface area (Å²) in [4.78, 5) is 0.